The molecule has 2 rings (SSSR count). The van der Waals surface area contributed by atoms with Crippen LogP contribution in [0.5, 0.6) is 5.75 Å². The van der Waals surface area contributed by atoms with Crippen LogP contribution in [0.1, 0.15) is 38.3 Å². The zero-order valence-electron chi connectivity index (χ0n) is 17.4. The Labute approximate surface area is 168 Å². The van der Waals surface area contributed by atoms with E-state index in [1.54, 1.807) is 0 Å². The number of ether oxygens (including phenoxy) is 2. The molecule has 5 nitrogen and oxygen atoms in total. The molecule has 0 aromatic heterocycles. The molecule has 0 bridgehead atoms. The number of guanidine groups is 1. The van der Waals surface area contributed by atoms with E-state index in [2.05, 4.69) is 62.8 Å². The Kier molecular flexibility index (Phi) is 8.77. The van der Waals surface area contributed by atoms with Gasteiger partial charge >= 0.3 is 0 Å². The molecule has 1 aromatic rings. The highest BCUT2D eigenvalue weighted by atomic mass is 32.2. The van der Waals surface area contributed by atoms with Gasteiger partial charge in [-0.15, -0.1) is 0 Å². The number of rotatable bonds is 9. The van der Waals surface area contributed by atoms with Crippen LogP contribution in [0.3, 0.4) is 0 Å². The van der Waals surface area contributed by atoms with E-state index in [1.807, 2.05) is 11.8 Å². The third-order valence-corrected chi connectivity index (χ3v) is 5.96. The van der Waals surface area contributed by atoms with Crippen LogP contribution >= 0.6 is 11.8 Å². The van der Waals surface area contributed by atoms with E-state index >= 15 is 0 Å². The molecule has 0 amide bonds. The van der Waals surface area contributed by atoms with Gasteiger partial charge in [-0.25, -0.2) is 4.99 Å². The number of nitrogens with zero attached hydrogens (tertiary/aromatic N) is 1. The summed E-state index contributed by atoms with van der Waals surface area (Å²) in [4.78, 5) is 4.77. The molecule has 27 heavy (non-hydrogen) atoms. The molecule has 1 heterocycles. The molecule has 1 aliphatic rings. The number of aliphatic imine (C=N–C) groups is 1. The maximum Gasteiger partial charge on any atom is 0.191 e. The second-order valence-electron chi connectivity index (χ2n) is 7.66. The van der Waals surface area contributed by atoms with Crippen molar-refractivity contribution < 1.29 is 9.47 Å². The SMILES string of the molecule is CCNC(=NCc1ccc(C)cc1OCC1CCOC1)NCC(C)(C)SC. The summed E-state index contributed by atoms with van der Waals surface area (Å²) in [6.45, 7) is 13.3. The molecule has 1 aromatic carbocycles. The van der Waals surface area contributed by atoms with Gasteiger partial charge in [-0.3, -0.25) is 0 Å². The molecular weight excluding hydrogens is 358 g/mol. The Balaban J connectivity index is 2.02. The van der Waals surface area contributed by atoms with E-state index in [-0.39, 0.29) is 4.75 Å². The molecular formula is C21H35N3O2S. The maximum atomic E-state index is 6.13. The minimum atomic E-state index is 0.164. The van der Waals surface area contributed by atoms with E-state index in [9.17, 15) is 0 Å². The Hall–Kier alpha value is -1.40. The zero-order valence-corrected chi connectivity index (χ0v) is 18.2. The lowest BCUT2D eigenvalue weighted by atomic mass is 10.1. The monoisotopic (exact) mass is 393 g/mol. The van der Waals surface area contributed by atoms with Gasteiger partial charge in [0.05, 0.1) is 19.8 Å². The largest absolute Gasteiger partial charge is 0.493 e. The Morgan fingerprint density at radius 2 is 2.19 bits per heavy atom. The van der Waals surface area contributed by atoms with Gasteiger partial charge in [0, 0.05) is 35.9 Å². The third kappa shape index (κ3) is 7.62. The summed E-state index contributed by atoms with van der Waals surface area (Å²) in [7, 11) is 0. The van der Waals surface area contributed by atoms with Crippen LogP contribution < -0.4 is 15.4 Å². The van der Waals surface area contributed by atoms with Gasteiger partial charge in [-0.1, -0.05) is 12.1 Å². The molecule has 0 spiro atoms. The first kappa shape index (κ1) is 21.9. The van der Waals surface area contributed by atoms with E-state index in [0.717, 1.165) is 50.0 Å². The fourth-order valence-electron chi connectivity index (χ4n) is 2.72. The van der Waals surface area contributed by atoms with Crippen molar-refractivity contribution in [3.63, 3.8) is 0 Å². The molecule has 6 heteroatoms. The van der Waals surface area contributed by atoms with Gasteiger partial charge in [0.25, 0.3) is 0 Å². The molecule has 1 aliphatic heterocycles. The standard InChI is InChI=1S/C21H35N3O2S/c1-6-22-20(24-15-21(3,4)27-5)23-12-18-8-7-16(2)11-19(18)26-14-17-9-10-25-13-17/h7-8,11,17H,6,9-10,12-15H2,1-5H3,(H2,22,23,24). The average Bonchev–Trinajstić information content (AvgIpc) is 3.17. The van der Waals surface area contributed by atoms with Crippen LogP contribution in [0.15, 0.2) is 23.2 Å². The van der Waals surface area contributed by atoms with E-state index in [1.165, 1.54) is 5.56 Å². The summed E-state index contributed by atoms with van der Waals surface area (Å²) in [6.07, 6.45) is 3.22. The second-order valence-corrected chi connectivity index (χ2v) is 9.18. The van der Waals surface area contributed by atoms with Crippen molar-refractivity contribution in [2.75, 3.05) is 39.2 Å². The molecule has 1 unspecified atom stereocenters. The van der Waals surface area contributed by atoms with Crippen molar-refractivity contribution in [2.24, 2.45) is 10.9 Å². The van der Waals surface area contributed by atoms with Crippen molar-refractivity contribution in [1.29, 1.82) is 0 Å². The first-order valence-corrected chi connectivity index (χ1v) is 11.0. The number of nitrogens with one attached hydrogen (secondary N) is 2. The van der Waals surface area contributed by atoms with Crippen molar-refractivity contribution >= 4 is 17.7 Å². The first-order valence-electron chi connectivity index (χ1n) is 9.81. The van der Waals surface area contributed by atoms with E-state index < -0.39 is 0 Å². The minimum Gasteiger partial charge on any atom is -0.493 e. The quantitative estimate of drug-likeness (QED) is 0.496. The zero-order chi connectivity index (χ0) is 19.7. The van der Waals surface area contributed by atoms with Crippen molar-refractivity contribution in [2.45, 2.75) is 45.4 Å². The van der Waals surface area contributed by atoms with E-state index in [4.69, 9.17) is 14.5 Å². The first-order chi connectivity index (χ1) is 12.9. The topological polar surface area (TPSA) is 54.9 Å². The molecule has 152 valence electrons. The van der Waals surface area contributed by atoms with Crippen LogP contribution in [0.4, 0.5) is 0 Å². The molecule has 0 saturated carbocycles. The third-order valence-electron chi connectivity index (χ3n) is 4.71. The summed E-state index contributed by atoms with van der Waals surface area (Å²) in [5.41, 5.74) is 2.31. The number of benzene rings is 1. The summed E-state index contributed by atoms with van der Waals surface area (Å²) in [5.74, 6) is 2.27. The van der Waals surface area contributed by atoms with Gasteiger partial charge in [0.1, 0.15) is 5.75 Å². The highest BCUT2D eigenvalue weighted by molar-refractivity contribution is 7.99. The summed E-state index contributed by atoms with van der Waals surface area (Å²) < 4.78 is 11.7. The smallest absolute Gasteiger partial charge is 0.191 e. The van der Waals surface area contributed by atoms with Crippen molar-refractivity contribution in [1.82, 2.24) is 10.6 Å². The molecule has 1 atom stereocenters. The highest BCUT2D eigenvalue weighted by Crippen LogP contribution is 2.23. The Morgan fingerprint density at radius 3 is 2.85 bits per heavy atom. The van der Waals surface area contributed by atoms with Gasteiger partial charge in [-0.05, 0) is 52.0 Å². The highest BCUT2D eigenvalue weighted by Gasteiger charge is 2.18. The number of hydrogen-bond donors (Lipinski definition) is 2. The van der Waals surface area contributed by atoms with Crippen LogP contribution in [0, 0.1) is 12.8 Å². The maximum absolute atomic E-state index is 6.13. The molecule has 0 aliphatic carbocycles. The van der Waals surface area contributed by atoms with Crippen LogP contribution in [-0.4, -0.2) is 49.9 Å². The molecule has 1 fully saturated rings. The van der Waals surface area contributed by atoms with Crippen LogP contribution in [0.2, 0.25) is 0 Å². The second kappa shape index (κ2) is 10.8. The van der Waals surface area contributed by atoms with Crippen LogP contribution in [-0.2, 0) is 11.3 Å². The Morgan fingerprint density at radius 1 is 1.37 bits per heavy atom. The van der Waals surface area contributed by atoms with Crippen LogP contribution in [0.25, 0.3) is 0 Å². The number of hydrogen-bond acceptors (Lipinski definition) is 4. The van der Waals surface area contributed by atoms with Gasteiger partial charge in [0.2, 0.25) is 0 Å². The lowest BCUT2D eigenvalue weighted by Crippen LogP contribution is -2.43. The summed E-state index contributed by atoms with van der Waals surface area (Å²) in [5, 5.41) is 6.78. The predicted octanol–water partition coefficient (Wildman–Crippen LogP) is 3.61. The summed E-state index contributed by atoms with van der Waals surface area (Å²) >= 11 is 1.85. The van der Waals surface area contributed by atoms with Gasteiger partial charge in [-0.2, -0.15) is 11.8 Å². The lowest BCUT2D eigenvalue weighted by Gasteiger charge is -2.23. The van der Waals surface area contributed by atoms with Crippen molar-refractivity contribution in [3.05, 3.63) is 29.3 Å². The fraction of sp³-hybridized carbons (Fsp3) is 0.667. The summed E-state index contributed by atoms with van der Waals surface area (Å²) in [6, 6.07) is 6.35. The normalized spacial score (nSPS) is 17.8. The minimum absolute atomic E-state index is 0.164. The molecule has 0 radical (unpaired) electrons. The molecule has 1 saturated heterocycles. The number of aryl methyl sites for hydroxylation is 1. The van der Waals surface area contributed by atoms with Gasteiger partial charge < -0.3 is 20.1 Å². The van der Waals surface area contributed by atoms with E-state index in [0.29, 0.717) is 19.1 Å². The number of thioether (sulfide) groups is 1. The molecule has 2 N–H and O–H groups in total. The van der Waals surface area contributed by atoms with Gasteiger partial charge in [0.15, 0.2) is 5.96 Å². The lowest BCUT2D eigenvalue weighted by molar-refractivity contribution is 0.166. The van der Waals surface area contributed by atoms with Crippen molar-refractivity contribution in [3.8, 4) is 5.75 Å². The predicted molar refractivity (Wildman–Crippen MR) is 116 cm³/mol. The average molecular weight is 394 g/mol. The fourth-order valence-corrected chi connectivity index (χ4v) is 2.94. The Bertz CT molecular complexity index is 613.